The monoisotopic (exact) mass is 304 g/mol. The normalized spacial score (nSPS) is 20.9. The summed E-state index contributed by atoms with van der Waals surface area (Å²) >= 11 is 0. The van der Waals surface area contributed by atoms with Gasteiger partial charge in [0.1, 0.15) is 5.78 Å². The van der Waals surface area contributed by atoms with Crippen molar-refractivity contribution in [3.05, 3.63) is 36.0 Å². The van der Waals surface area contributed by atoms with Crippen molar-refractivity contribution in [2.45, 2.75) is 19.9 Å². The molecule has 2 amide bonds. The largest absolute Gasteiger partial charge is 0.493 e. The lowest BCUT2D eigenvalue weighted by Crippen LogP contribution is -2.50. The van der Waals surface area contributed by atoms with E-state index in [9.17, 15) is 9.59 Å². The van der Waals surface area contributed by atoms with E-state index in [0.717, 1.165) is 5.56 Å². The molecule has 2 N–H and O–H groups in total. The molecular formula is C16H20N2O4. The van der Waals surface area contributed by atoms with Crippen molar-refractivity contribution in [2.24, 2.45) is 5.92 Å². The summed E-state index contributed by atoms with van der Waals surface area (Å²) in [6.45, 7) is 7.63. The highest BCUT2D eigenvalue weighted by molar-refractivity contribution is 5.88. The molecule has 0 aliphatic carbocycles. The Morgan fingerprint density at radius 3 is 2.68 bits per heavy atom. The number of ether oxygens (including phenoxy) is 2. The third-order valence-corrected chi connectivity index (χ3v) is 3.55. The average Bonchev–Trinajstić information content (AvgIpc) is 2.46. The van der Waals surface area contributed by atoms with Gasteiger partial charge in [0.15, 0.2) is 11.5 Å². The number of benzene rings is 1. The minimum atomic E-state index is -0.527. The Labute approximate surface area is 129 Å². The summed E-state index contributed by atoms with van der Waals surface area (Å²) in [5, 5.41) is 5.32. The topological polar surface area (TPSA) is 76.7 Å². The van der Waals surface area contributed by atoms with Crippen molar-refractivity contribution in [2.75, 3.05) is 13.7 Å². The number of hydrogen-bond acceptors (Lipinski definition) is 4. The molecule has 0 spiro atoms. The Balaban J connectivity index is 2.42. The first-order valence-electron chi connectivity index (χ1n) is 7.05. The summed E-state index contributed by atoms with van der Waals surface area (Å²) < 4.78 is 10.8. The molecule has 118 valence electrons. The van der Waals surface area contributed by atoms with Crippen molar-refractivity contribution >= 4 is 11.8 Å². The molecule has 1 saturated heterocycles. The number of hydrogen-bond donors (Lipinski definition) is 2. The van der Waals surface area contributed by atoms with E-state index in [-0.39, 0.29) is 11.8 Å². The molecule has 2 atom stereocenters. The van der Waals surface area contributed by atoms with E-state index in [1.54, 1.807) is 25.3 Å². The van der Waals surface area contributed by atoms with Crippen LogP contribution >= 0.6 is 0 Å². The molecule has 0 saturated carbocycles. The Kier molecular flexibility index (Phi) is 4.70. The predicted molar refractivity (Wildman–Crippen MR) is 81.9 cm³/mol. The zero-order valence-electron chi connectivity index (χ0n) is 12.9. The number of Topliss-reactive ketones (excluding diaryl/α,β-unsaturated/α-hetero) is 1. The second-order valence-electron chi connectivity index (χ2n) is 5.03. The van der Waals surface area contributed by atoms with Crippen LogP contribution in [0, 0.1) is 5.92 Å². The minimum absolute atomic E-state index is 0.0729. The summed E-state index contributed by atoms with van der Waals surface area (Å²) in [6, 6.07) is 4.49. The van der Waals surface area contributed by atoms with Gasteiger partial charge < -0.3 is 20.1 Å². The van der Waals surface area contributed by atoms with Crippen LogP contribution in [0.25, 0.3) is 0 Å². The van der Waals surface area contributed by atoms with Crippen LogP contribution in [0.3, 0.4) is 0 Å². The third-order valence-electron chi connectivity index (χ3n) is 3.55. The fourth-order valence-corrected chi connectivity index (χ4v) is 2.60. The molecule has 6 nitrogen and oxygen atoms in total. The molecule has 0 bridgehead atoms. The van der Waals surface area contributed by atoms with Crippen LogP contribution in [0.15, 0.2) is 30.5 Å². The van der Waals surface area contributed by atoms with Crippen LogP contribution < -0.4 is 20.1 Å². The standard InChI is InChI=1S/C16H20N2O4/c1-5-22-13-8-11(6-7-12(13)21-4)15-14(10(3)19)9(2)17-16(20)18-15/h6-8,14-15H,2,5H2,1,3-4H3,(H2,17,18,20). The van der Waals surface area contributed by atoms with Crippen LogP contribution in [0.5, 0.6) is 11.5 Å². The number of carbonyl (C=O) groups is 2. The van der Waals surface area contributed by atoms with E-state index in [1.807, 2.05) is 6.92 Å². The summed E-state index contributed by atoms with van der Waals surface area (Å²) in [4.78, 5) is 23.6. The molecule has 1 fully saturated rings. The first kappa shape index (κ1) is 15.9. The van der Waals surface area contributed by atoms with Gasteiger partial charge in [0.2, 0.25) is 0 Å². The lowest BCUT2D eigenvalue weighted by molar-refractivity contribution is -0.120. The Morgan fingerprint density at radius 1 is 1.36 bits per heavy atom. The second-order valence-corrected chi connectivity index (χ2v) is 5.03. The van der Waals surface area contributed by atoms with Crippen molar-refractivity contribution in [1.29, 1.82) is 0 Å². The van der Waals surface area contributed by atoms with E-state index in [1.165, 1.54) is 6.92 Å². The SMILES string of the molecule is C=C1NC(=O)NC(c2ccc(OC)c(OCC)c2)C1C(C)=O. The number of methoxy groups -OCH3 is 1. The molecule has 1 heterocycles. The summed E-state index contributed by atoms with van der Waals surface area (Å²) in [6.07, 6.45) is 0. The van der Waals surface area contributed by atoms with Crippen LogP contribution in [0.2, 0.25) is 0 Å². The van der Waals surface area contributed by atoms with Gasteiger partial charge in [-0.1, -0.05) is 12.6 Å². The molecule has 0 radical (unpaired) electrons. The maximum Gasteiger partial charge on any atom is 0.319 e. The molecule has 2 unspecified atom stereocenters. The average molecular weight is 304 g/mol. The van der Waals surface area contributed by atoms with E-state index in [0.29, 0.717) is 23.8 Å². The molecule has 1 aliphatic rings. The first-order chi connectivity index (χ1) is 10.5. The van der Waals surface area contributed by atoms with Crippen molar-refractivity contribution in [3.63, 3.8) is 0 Å². The molecule has 22 heavy (non-hydrogen) atoms. The van der Waals surface area contributed by atoms with E-state index in [4.69, 9.17) is 9.47 Å². The molecular weight excluding hydrogens is 284 g/mol. The zero-order chi connectivity index (χ0) is 16.3. The van der Waals surface area contributed by atoms with Crippen molar-refractivity contribution < 1.29 is 19.1 Å². The summed E-state index contributed by atoms with van der Waals surface area (Å²) in [7, 11) is 1.56. The van der Waals surface area contributed by atoms with Gasteiger partial charge in [-0.15, -0.1) is 0 Å². The number of ketones is 1. The van der Waals surface area contributed by atoms with Crippen molar-refractivity contribution in [3.8, 4) is 11.5 Å². The Hall–Kier alpha value is -2.50. The van der Waals surface area contributed by atoms with Crippen molar-refractivity contribution in [1.82, 2.24) is 10.6 Å². The lowest BCUT2D eigenvalue weighted by atomic mass is 9.86. The van der Waals surface area contributed by atoms with Gasteiger partial charge in [-0.2, -0.15) is 0 Å². The summed E-state index contributed by atoms with van der Waals surface area (Å²) in [5.41, 5.74) is 1.16. The maximum absolute atomic E-state index is 11.9. The van der Waals surface area contributed by atoms with Crippen LogP contribution in [0.1, 0.15) is 25.5 Å². The second kappa shape index (κ2) is 6.51. The molecule has 2 rings (SSSR count). The molecule has 6 heteroatoms. The van der Waals surface area contributed by atoms with Gasteiger partial charge >= 0.3 is 6.03 Å². The molecule has 1 aromatic rings. The quantitative estimate of drug-likeness (QED) is 0.874. The smallest absolute Gasteiger partial charge is 0.319 e. The van der Waals surface area contributed by atoms with Crippen LogP contribution in [-0.4, -0.2) is 25.5 Å². The van der Waals surface area contributed by atoms with Crippen LogP contribution in [0.4, 0.5) is 4.79 Å². The molecule has 1 aromatic carbocycles. The van der Waals surface area contributed by atoms with Gasteiger partial charge in [0.25, 0.3) is 0 Å². The number of nitrogens with one attached hydrogen (secondary N) is 2. The van der Waals surface area contributed by atoms with Gasteiger partial charge in [0.05, 0.1) is 25.7 Å². The van der Waals surface area contributed by atoms with Gasteiger partial charge in [0, 0.05) is 5.70 Å². The summed E-state index contributed by atoms with van der Waals surface area (Å²) in [5.74, 6) is 0.573. The van der Waals surface area contributed by atoms with Gasteiger partial charge in [-0.25, -0.2) is 4.79 Å². The molecule has 0 aromatic heterocycles. The maximum atomic E-state index is 11.9. The number of urea groups is 1. The Morgan fingerprint density at radius 2 is 2.09 bits per heavy atom. The van der Waals surface area contributed by atoms with E-state index < -0.39 is 12.0 Å². The molecule has 1 aliphatic heterocycles. The van der Waals surface area contributed by atoms with E-state index >= 15 is 0 Å². The van der Waals surface area contributed by atoms with E-state index in [2.05, 4.69) is 17.2 Å². The highest BCUT2D eigenvalue weighted by atomic mass is 16.5. The zero-order valence-corrected chi connectivity index (χ0v) is 12.9. The fraction of sp³-hybridized carbons (Fsp3) is 0.375. The fourth-order valence-electron chi connectivity index (χ4n) is 2.60. The highest BCUT2D eigenvalue weighted by Crippen LogP contribution is 2.35. The predicted octanol–water partition coefficient (Wildman–Crippen LogP) is 2.17. The number of carbonyl (C=O) groups excluding carboxylic acids is 2. The van der Waals surface area contributed by atoms with Gasteiger partial charge in [-0.05, 0) is 31.5 Å². The number of rotatable bonds is 5. The first-order valence-corrected chi connectivity index (χ1v) is 7.05. The lowest BCUT2D eigenvalue weighted by Gasteiger charge is -2.33. The minimum Gasteiger partial charge on any atom is -0.493 e. The third kappa shape index (κ3) is 3.05. The highest BCUT2D eigenvalue weighted by Gasteiger charge is 2.36. The Bertz CT molecular complexity index is 612. The number of amides is 2. The van der Waals surface area contributed by atoms with Crippen LogP contribution in [-0.2, 0) is 4.79 Å². The van der Waals surface area contributed by atoms with Gasteiger partial charge in [-0.3, -0.25) is 4.79 Å².